The number of rotatable bonds is 3. The zero-order valence-corrected chi connectivity index (χ0v) is 14.1. The van der Waals surface area contributed by atoms with Crippen molar-refractivity contribution >= 4 is 11.9 Å². The molecule has 1 N–H and O–H groups in total. The van der Waals surface area contributed by atoms with Crippen LogP contribution in [-0.4, -0.2) is 40.9 Å². The third-order valence-electron chi connectivity index (χ3n) is 5.31. The van der Waals surface area contributed by atoms with Gasteiger partial charge >= 0.3 is 5.97 Å². The summed E-state index contributed by atoms with van der Waals surface area (Å²) in [5.74, 6) is -3.87. The predicted octanol–water partition coefficient (Wildman–Crippen LogP) is 4.30. The average Bonchev–Trinajstić information content (AvgIpc) is 2.61. The highest BCUT2D eigenvalue weighted by Gasteiger charge is 2.36. The van der Waals surface area contributed by atoms with Crippen LogP contribution in [0.4, 0.5) is 8.78 Å². The molecule has 25 heavy (non-hydrogen) atoms. The maximum absolute atomic E-state index is 13.3. The highest BCUT2D eigenvalue weighted by molar-refractivity contribution is 5.98. The number of nitrogens with zero attached hydrogens (tertiary/aromatic N) is 1. The zero-order chi connectivity index (χ0) is 18.0. The minimum absolute atomic E-state index is 0.00188. The number of carbonyl (C=O) groups excluding carboxylic acids is 1. The molecule has 0 aromatic heterocycles. The summed E-state index contributed by atoms with van der Waals surface area (Å²) in [5, 5.41) is 9.37. The van der Waals surface area contributed by atoms with Crippen molar-refractivity contribution in [1.82, 2.24) is 4.90 Å². The van der Waals surface area contributed by atoms with Crippen molar-refractivity contribution in [2.45, 2.75) is 56.8 Å². The number of hydrogen-bond acceptors (Lipinski definition) is 2. The Balaban J connectivity index is 1.85. The van der Waals surface area contributed by atoms with Crippen molar-refractivity contribution in [2.24, 2.45) is 0 Å². The van der Waals surface area contributed by atoms with Gasteiger partial charge in [-0.3, -0.25) is 4.79 Å². The summed E-state index contributed by atoms with van der Waals surface area (Å²) in [4.78, 5) is 25.6. The van der Waals surface area contributed by atoms with Gasteiger partial charge in [0.25, 0.3) is 11.8 Å². The topological polar surface area (TPSA) is 57.6 Å². The maximum atomic E-state index is 13.3. The number of hydrogen-bond donors (Lipinski definition) is 1. The summed E-state index contributed by atoms with van der Waals surface area (Å²) in [5.41, 5.74) is 1.27. The summed E-state index contributed by atoms with van der Waals surface area (Å²) in [7, 11) is 0. The Hall–Kier alpha value is -1.98. The van der Waals surface area contributed by atoms with Crippen molar-refractivity contribution in [1.29, 1.82) is 0 Å². The number of aromatic carboxylic acids is 1. The van der Waals surface area contributed by atoms with E-state index in [1.165, 1.54) is 17.4 Å². The van der Waals surface area contributed by atoms with Gasteiger partial charge in [0.05, 0.1) is 5.56 Å². The van der Waals surface area contributed by atoms with Crippen LogP contribution in [0.3, 0.4) is 0 Å². The summed E-state index contributed by atoms with van der Waals surface area (Å²) in [6.45, 7) is 0.00376. The molecule has 4 nitrogen and oxygen atoms in total. The molecule has 3 rings (SSSR count). The Morgan fingerprint density at radius 1 is 1.00 bits per heavy atom. The second kappa shape index (κ2) is 7.10. The van der Waals surface area contributed by atoms with Gasteiger partial charge in [-0.15, -0.1) is 0 Å². The van der Waals surface area contributed by atoms with Crippen molar-refractivity contribution < 1.29 is 23.5 Å². The van der Waals surface area contributed by atoms with Crippen LogP contribution in [0, 0.1) is 0 Å². The number of alkyl halides is 2. The molecule has 1 aromatic carbocycles. The highest BCUT2D eigenvalue weighted by atomic mass is 19.3. The van der Waals surface area contributed by atoms with Crippen LogP contribution in [0.2, 0.25) is 0 Å². The molecular weight excluding hydrogens is 328 g/mol. The lowest BCUT2D eigenvalue weighted by atomic mass is 9.83. The van der Waals surface area contributed by atoms with Gasteiger partial charge in [0.1, 0.15) is 0 Å². The molecule has 136 valence electrons. The van der Waals surface area contributed by atoms with E-state index in [1.807, 2.05) is 0 Å². The molecule has 1 heterocycles. The number of carbonyl (C=O) groups is 2. The number of likely N-dealkylation sites (tertiary alicyclic amines) is 1. The van der Waals surface area contributed by atoms with Crippen molar-refractivity contribution in [3.63, 3.8) is 0 Å². The van der Waals surface area contributed by atoms with Crippen LogP contribution in [0.15, 0.2) is 18.2 Å². The number of benzene rings is 1. The van der Waals surface area contributed by atoms with Gasteiger partial charge in [-0.05, 0) is 42.5 Å². The van der Waals surface area contributed by atoms with E-state index in [1.54, 1.807) is 12.1 Å². The molecule has 1 aromatic rings. The van der Waals surface area contributed by atoms with Crippen LogP contribution < -0.4 is 0 Å². The molecule has 1 saturated carbocycles. The molecule has 0 unspecified atom stereocenters. The number of carboxylic acid groups (broad SMARTS) is 1. The highest BCUT2D eigenvalue weighted by Crippen LogP contribution is 2.34. The smallest absolute Gasteiger partial charge is 0.335 e. The zero-order valence-electron chi connectivity index (χ0n) is 14.1. The van der Waals surface area contributed by atoms with Crippen molar-refractivity contribution in [2.75, 3.05) is 13.1 Å². The van der Waals surface area contributed by atoms with Crippen LogP contribution in [0.1, 0.15) is 77.1 Å². The lowest BCUT2D eigenvalue weighted by Gasteiger charge is -2.32. The summed E-state index contributed by atoms with van der Waals surface area (Å²) < 4.78 is 26.6. The first-order chi connectivity index (χ1) is 11.9. The maximum Gasteiger partial charge on any atom is 0.335 e. The average molecular weight is 351 g/mol. The monoisotopic (exact) mass is 351 g/mol. The standard InChI is InChI=1S/C19H23F2NO3/c20-19(21)6-8-22(9-7-19)17(23)15-10-14(11-16(12-15)18(24)25)13-4-2-1-3-5-13/h10-13H,1-9H2,(H,24,25). The third kappa shape index (κ3) is 4.17. The predicted molar refractivity (Wildman–Crippen MR) is 89.3 cm³/mol. The minimum atomic E-state index is -2.72. The summed E-state index contributed by atoms with van der Waals surface area (Å²) in [6, 6.07) is 4.78. The van der Waals surface area contributed by atoms with E-state index in [4.69, 9.17) is 0 Å². The molecule has 1 saturated heterocycles. The normalized spacial score (nSPS) is 21.1. The Morgan fingerprint density at radius 3 is 2.20 bits per heavy atom. The van der Waals surface area contributed by atoms with Crippen LogP contribution in [-0.2, 0) is 0 Å². The SMILES string of the molecule is O=C(O)c1cc(C(=O)N2CCC(F)(F)CC2)cc(C2CCCCC2)c1. The van der Waals surface area contributed by atoms with Gasteiger partial charge in [0.15, 0.2) is 0 Å². The van der Waals surface area contributed by atoms with E-state index in [9.17, 15) is 23.5 Å². The first kappa shape index (κ1) is 17.8. The first-order valence-corrected chi connectivity index (χ1v) is 8.91. The molecule has 0 radical (unpaired) electrons. The Bertz CT molecular complexity index is 659. The Morgan fingerprint density at radius 2 is 1.60 bits per heavy atom. The molecule has 1 aliphatic heterocycles. The molecule has 0 atom stereocenters. The fraction of sp³-hybridized carbons (Fsp3) is 0.579. The van der Waals surface area contributed by atoms with Gasteiger partial charge in [-0.25, -0.2) is 13.6 Å². The summed E-state index contributed by atoms with van der Waals surface area (Å²) in [6.07, 6.45) is 4.70. The lowest BCUT2D eigenvalue weighted by molar-refractivity contribution is -0.0494. The lowest BCUT2D eigenvalue weighted by Crippen LogP contribution is -2.42. The molecular formula is C19H23F2NO3. The molecule has 0 spiro atoms. The van der Waals surface area contributed by atoms with E-state index in [-0.39, 0.29) is 43.3 Å². The quantitative estimate of drug-likeness (QED) is 0.883. The molecule has 0 bridgehead atoms. The molecule has 1 amide bonds. The van der Waals surface area contributed by atoms with Gasteiger partial charge in [-0.1, -0.05) is 19.3 Å². The Labute approximate surface area is 145 Å². The van der Waals surface area contributed by atoms with E-state index < -0.39 is 11.9 Å². The number of halogens is 2. The molecule has 1 aliphatic carbocycles. The first-order valence-electron chi connectivity index (χ1n) is 8.91. The van der Waals surface area contributed by atoms with E-state index in [0.717, 1.165) is 31.2 Å². The largest absolute Gasteiger partial charge is 0.478 e. The second-order valence-corrected chi connectivity index (χ2v) is 7.13. The minimum Gasteiger partial charge on any atom is -0.478 e. The fourth-order valence-corrected chi connectivity index (χ4v) is 3.79. The van der Waals surface area contributed by atoms with Crippen LogP contribution >= 0.6 is 0 Å². The van der Waals surface area contributed by atoms with Crippen LogP contribution in [0.5, 0.6) is 0 Å². The van der Waals surface area contributed by atoms with Gasteiger partial charge in [0.2, 0.25) is 0 Å². The molecule has 2 aliphatic rings. The van der Waals surface area contributed by atoms with Gasteiger partial charge in [0, 0.05) is 31.5 Å². The number of carboxylic acids is 1. The number of piperidine rings is 1. The Kier molecular flexibility index (Phi) is 5.06. The van der Waals surface area contributed by atoms with Crippen molar-refractivity contribution in [3.8, 4) is 0 Å². The van der Waals surface area contributed by atoms with Crippen LogP contribution in [0.25, 0.3) is 0 Å². The van der Waals surface area contributed by atoms with Gasteiger partial charge < -0.3 is 10.0 Å². The van der Waals surface area contributed by atoms with E-state index in [0.29, 0.717) is 5.56 Å². The molecule has 6 heteroatoms. The third-order valence-corrected chi connectivity index (χ3v) is 5.31. The van der Waals surface area contributed by atoms with E-state index >= 15 is 0 Å². The summed E-state index contributed by atoms with van der Waals surface area (Å²) >= 11 is 0. The van der Waals surface area contributed by atoms with E-state index in [2.05, 4.69) is 0 Å². The number of amides is 1. The molecule has 2 fully saturated rings. The van der Waals surface area contributed by atoms with Gasteiger partial charge in [-0.2, -0.15) is 0 Å². The second-order valence-electron chi connectivity index (χ2n) is 7.13. The fourth-order valence-electron chi connectivity index (χ4n) is 3.79. The van der Waals surface area contributed by atoms with Crippen molar-refractivity contribution in [3.05, 3.63) is 34.9 Å².